The molecule has 2 aromatic carbocycles. The van der Waals surface area contributed by atoms with Crippen molar-refractivity contribution in [2.75, 3.05) is 20.3 Å². The number of amidine groups is 1. The van der Waals surface area contributed by atoms with E-state index in [-0.39, 0.29) is 11.7 Å². The summed E-state index contributed by atoms with van der Waals surface area (Å²) in [6, 6.07) is 11.8. The van der Waals surface area contributed by atoms with E-state index >= 15 is 0 Å². The Morgan fingerprint density at radius 1 is 1.17 bits per heavy atom. The fourth-order valence-corrected chi connectivity index (χ4v) is 3.70. The molecule has 30 heavy (non-hydrogen) atoms. The molecule has 0 radical (unpaired) electrons. The van der Waals surface area contributed by atoms with Crippen molar-refractivity contribution in [1.29, 1.82) is 0 Å². The molecule has 0 saturated carbocycles. The fourth-order valence-electron chi connectivity index (χ4n) is 2.72. The van der Waals surface area contributed by atoms with Gasteiger partial charge < -0.3 is 14.6 Å². The zero-order valence-corrected chi connectivity index (χ0v) is 17.7. The quantitative estimate of drug-likeness (QED) is 0.550. The number of benzene rings is 2. The van der Waals surface area contributed by atoms with Gasteiger partial charge in [0.1, 0.15) is 0 Å². The molecule has 1 saturated heterocycles. The number of hydrogen-bond acceptors (Lipinski definition) is 7. The van der Waals surface area contributed by atoms with Gasteiger partial charge in [-0.05, 0) is 62.0 Å². The first kappa shape index (κ1) is 21.4. The van der Waals surface area contributed by atoms with Gasteiger partial charge in [0.05, 0.1) is 29.4 Å². The first-order valence-electron chi connectivity index (χ1n) is 9.42. The van der Waals surface area contributed by atoms with Gasteiger partial charge in [-0.2, -0.15) is 0 Å². The number of phenolic OH excluding ortho intramolecular Hbond substituents is 1. The van der Waals surface area contributed by atoms with Gasteiger partial charge in [-0.15, -0.1) is 0 Å². The number of carbonyl (C=O) groups is 2. The Morgan fingerprint density at radius 2 is 1.90 bits per heavy atom. The number of phenols is 1. The number of aromatic hydroxyl groups is 1. The maximum absolute atomic E-state index is 12.6. The molecule has 1 amide bonds. The molecule has 8 heteroatoms. The van der Waals surface area contributed by atoms with Crippen molar-refractivity contribution in [3.05, 3.63) is 58.5 Å². The molecule has 0 unspecified atom stereocenters. The molecule has 156 valence electrons. The van der Waals surface area contributed by atoms with Crippen molar-refractivity contribution in [2.45, 2.75) is 13.8 Å². The van der Waals surface area contributed by atoms with Crippen molar-refractivity contribution < 1.29 is 24.2 Å². The van der Waals surface area contributed by atoms with Gasteiger partial charge in [0.2, 0.25) is 0 Å². The van der Waals surface area contributed by atoms with E-state index in [0.717, 1.165) is 0 Å². The first-order valence-corrected chi connectivity index (χ1v) is 10.2. The number of esters is 1. The van der Waals surface area contributed by atoms with Crippen LogP contribution in [0, 0.1) is 0 Å². The molecule has 1 heterocycles. The maximum atomic E-state index is 12.6. The molecule has 1 aliphatic heterocycles. The van der Waals surface area contributed by atoms with Crippen molar-refractivity contribution >= 4 is 40.6 Å². The summed E-state index contributed by atoms with van der Waals surface area (Å²) in [5, 5.41) is 10.9. The zero-order valence-electron chi connectivity index (χ0n) is 16.9. The molecular formula is C22H22N2O5S. The summed E-state index contributed by atoms with van der Waals surface area (Å²) in [7, 11) is 1.64. The van der Waals surface area contributed by atoms with E-state index in [1.165, 1.54) is 16.7 Å². The van der Waals surface area contributed by atoms with E-state index in [2.05, 4.69) is 4.99 Å². The van der Waals surface area contributed by atoms with Crippen LogP contribution in [0.3, 0.4) is 0 Å². The maximum Gasteiger partial charge on any atom is 0.338 e. The van der Waals surface area contributed by atoms with E-state index in [1.54, 1.807) is 62.5 Å². The van der Waals surface area contributed by atoms with E-state index in [1.807, 2.05) is 6.92 Å². The Morgan fingerprint density at radius 3 is 2.57 bits per heavy atom. The molecule has 1 N–H and O–H groups in total. The molecule has 1 fully saturated rings. The molecular weight excluding hydrogens is 404 g/mol. The highest BCUT2D eigenvalue weighted by Gasteiger charge is 2.30. The average Bonchev–Trinajstić information content (AvgIpc) is 2.99. The summed E-state index contributed by atoms with van der Waals surface area (Å²) in [5.41, 5.74) is 1.53. The third-order valence-corrected chi connectivity index (χ3v) is 5.28. The number of hydrogen-bond donors (Lipinski definition) is 1. The van der Waals surface area contributed by atoms with E-state index < -0.39 is 5.97 Å². The third-order valence-electron chi connectivity index (χ3n) is 4.22. The monoisotopic (exact) mass is 426 g/mol. The molecule has 0 spiro atoms. The number of para-hydroxylation sites is 1. The zero-order chi connectivity index (χ0) is 21.7. The number of amides is 1. The van der Waals surface area contributed by atoms with Crippen LogP contribution in [-0.2, 0) is 9.53 Å². The van der Waals surface area contributed by atoms with Crippen LogP contribution < -0.4 is 4.74 Å². The summed E-state index contributed by atoms with van der Waals surface area (Å²) in [5.74, 6) is -0.254. The largest absolute Gasteiger partial charge is 0.504 e. The van der Waals surface area contributed by atoms with Crippen LogP contribution in [0.2, 0.25) is 0 Å². The summed E-state index contributed by atoms with van der Waals surface area (Å²) in [6.07, 6.45) is 1.62. The van der Waals surface area contributed by atoms with Gasteiger partial charge >= 0.3 is 5.97 Å². The molecule has 7 nitrogen and oxygen atoms in total. The van der Waals surface area contributed by atoms with Crippen molar-refractivity contribution in [3.63, 3.8) is 0 Å². The highest BCUT2D eigenvalue weighted by Crippen LogP contribution is 2.37. The second-order valence-electron chi connectivity index (χ2n) is 6.26. The van der Waals surface area contributed by atoms with Gasteiger partial charge in [0, 0.05) is 12.6 Å². The Kier molecular flexibility index (Phi) is 6.79. The number of aliphatic imine (C=N–C) groups is 1. The van der Waals surface area contributed by atoms with Gasteiger partial charge in [0.15, 0.2) is 16.7 Å². The Hall–Kier alpha value is -3.26. The van der Waals surface area contributed by atoms with E-state index in [4.69, 9.17) is 9.47 Å². The highest BCUT2D eigenvalue weighted by atomic mass is 32.2. The molecule has 0 aromatic heterocycles. The van der Waals surface area contributed by atoms with Crippen molar-refractivity contribution in [2.24, 2.45) is 4.99 Å². The van der Waals surface area contributed by atoms with Crippen molar-refractivity contribution in [3.8, 4) is 11.5 Å². The minimum atomic E-state index is -0.390. The smallest absolute Gasteiger partial charge is 0.338 e. The number of ether oxygens (including phenoxy) is 2. The lowest BCUT2D eigenvalue weighted by molar-refractivity contribution is -0.121. The lowest BCUT2D eigenvalue weighted by Gasteiger charge is -2.08. The average molecular weight is 426 g/mol. The third kappa shape index (κ3) is 4.65. The molecule has 0 atom stereocenters. The summed E-state index contributed by atoms with van der Waals surface area (Å²) in [6.45, 7) is 4.32. The van der Waals surface area contributed by atoms with Gasteiger partial charge in [-0.3, -0.25) is 9.69 Å². The minimum Gasteiger partial charge on any atom is -0.504 e. The molecule has 2 aromatic rings. The van der Waals surface area contributed by atoms with Crippen LogP contribution in [0.25, 0.3) is 6.08 Å². The fraction of sp³-hybridized carbons (Fsp3) is 0.227. The normalized spacial score (nSPS) is 16.4. The predicted octanol–water partition coefficient (Wildman–Crippen LogP) is 4.20. The molecule has 0 bridgehead atoms. The Labute approximate surface area is 179 Å². The van der Waals surface area contributed by atoms with Gasteiger partial charge in [-0.1, -0.05) is 12.1 Å². The Bertz CT molecular complexity index is 1010. The number of likely N-dealkylation sites (N-methyl/N-ethyl adjacent to an activating group) is 1. The van der Waals surface area contributed by atoms with E-state index in [9.17, 15) is 14.7 Å². The summed E-state index contributed by atoms with van der Waals surface area (Å²) in [4.78, 5) is 30.8. The second-order valence-corrected chi connectivity index (χ2v) is 7.27. The number of nitrogens with zero attached hydrogens (tertiary/aromatic N) is 2. The summed E-state index contributed by atoms with van der Waals surface area (Å²) < 4.78 is 10.4. The van der Waals surface area contributed by atoms with Gasteiger partial charge in [-0.25, -0.2) is 9.79 Å². The number of thioether (sulfide) groups is 1. The van der Waals surface area contributed by atoms with Crippen LogP contribution in [0.1, 0.15) is 29.8 Å². The van der Waals surface area contributed by atoms with Crippen LogP contribution in [0.4, 0.5) is 5.69 Å². The molecule has 3 rings (SSSR count). The van der Waals surface area contributed by atoms with Crippen molar-refractivity contribution in [1.82, 2.24) is 4.90 Å². The molecule has 0 aliphatic carbocycles. The van der Waals surface area contributed by atoms with E-state index in [0.29, 0.717) is 45.9 Å². The van der Waals surface area contributed by atoms with Crippen LogP contribution in [-0.4, -0.2) is 47.3 Å². The first-order chi connectivity index (χ1) is 14.4. The van der Waals surface area contributed by atoms with Gasteiger partial charge in [0.25, 0.3) is 5.91 Å². The number of carbonyl (C=O) groups excluding carboxylic acids is 2. The second kappa shape index (κ2) is 9.49. The predicted molar refractivity (Wildman–Crippen MR) is 117 cm³/mol. The SMILES string of the molecule is CCOC(=O)c1ccc(N=C2SC(=Cc3cccc(OCC)c3O)C(=O)N2C)cc1. The lowest BCUT2D eigenvalue weighted by Crippen LogP contribution is -2.23. The lowest BCUT2D eigenvalue weighted by atomic mass is 10.1. The topological polar surface area (TPSA) is 88.4 Å². The standard InChI is InChI=1S/C22H22N2O5S/c1-4-28-17-8-6-7-15(19(17)25)13-18-20(26)24(3)22(30-18)23-16-11-9-14(10-12-16)21(27)29-5-2/h6-13,25H,4-5H2,1-3H3. The highest BCUT2D eigenvalue weighted by molar-refractivity contribution is 8.18. The van der Waals surface area contributed by atoms with Crippen LogP contribution in [0.5, 0.6) is 11.5 Å². The van der Waals surface area contributed by atoms with Crippen LogP contribution in [0.15, 0.2) is 52.4 Å². The Balaban J connectivity index is 1.83. The minimum absolute atomic E-state index is 0.0113. The van der Waals surface area contributed by atoms with Crippen LogP contribution >= 0.6 is 11.8 Å². The number of rotatable bonds is 6. The summed E-state index contributed by atoms with van der Waals surface area (Å²) >= 11 is 1.21. The molecule has 1 aliphatic rings.